The van der Waals surface area contributed by atoms with Crippen LogP contribution in [0.2, 0.25) is 0 Å². The summed E-state index contributed by atoms with van der Waals surface area (Å²) in [6, 6.07) is 4.96. The van der Waals surface area contributed by atoms with Gasteiger partial charge in [0.2, 0.25) is 5.91 Å². The first-order valence-corrected chi connectivity index (χ1v) is 5.78. The van der Waals surface area contributed by atoms with Crippen LogP contribution in [0.4, 0.5) is 5.69 Å². The lowest BCUT2D eigenvalue weighted by molar-refractivity contribution is -0.145. The van der Waals surface area contributed by atoms with E-state index in [1.165, 1.54) is 14.2 Å². The van der Waals surface area contributed by atoms with Crippen molar-refractivity contribution in [1.82, 2.24) is 0 Å². The van der Waals surface area contributed by atoms with Crippen molar-refractivity contribution in [3.63, 3.8) is 0 Å². The number of methoxy groups -OCH3 is 2. The van der Waals surface area contributed by atoms with Gasteiger partial charge in [0.1, 0.15) is 17.9 Å². The Morgan fingerprint density at radius 2 is 1.95 bits per heavy atom. The van der Waals surface area contributed by atoms with Crippen LogP contribution in [-0.2, 0) is 14.3 Å². The number of ether oxygens (including phenoxy) is 3. The minimum Gasteiger partial charge on any atom is -0.497 e. The van der Waals surface area contributed by atoms with Crippen molar-refractivity contribution >= 4 is 17.6 Å². The smallest absolute Gasteiger partial charge is 0.315 e. The summed E-state index contributed by atoms with van der Waals surface area (Å²) in [6.45, 7) is 1.93. The van der Waals surface area contributed by atoms with E-state index in [9.17, 15) is 9.59 Å². The van der Waals surface area contributed by atoms with Crippen LogP contribution in [0.15, 0.2) is 18.2 Å². The monoisotopic (exact) mass is 267 g/mol. The molecule has 0 saturated heterocycles. The van der Waals surface area contributed by atoms with Gasteiger partial charge < -0.3 is 19.5 Å². The molecule has 0 saturated carbocycles. The highest BCUT2D eigenvalue weighted by Gasteiger charge is 2.13. The zero-order chi connectivity index (χ0) is 14.3. The van der Waals surface area contributed by atoms with Gasteiger partial charge in [0.25, 0.3) is 0 Å². The van der Waals surface area contributed by atoms with Crippen molar-refractivity contribution in [3.05, 3.63) is 18.2 Å². The van der Waals surface area contributed by atoms with Crippen molar-refractivity contribution in [2.45, 2.75) is 13.3 Å². The average molecular weight is 267 g/mol. The Morgan fingerprint density at radius 1 is 1.21 bits per heavy atom. The van der Waals surface area contributed by atoms with E-state index < -0.39 is 11.9 Å². The van der Waals surface area contributed by atoms with Crippen molar-refractivity contribution in [1.29, 1.82) is 0 Å². The fourth-order valence-electron chi connectivity index (χ4n) is 1.44. The molecule has 0 atom stereocenters. The Balaban J connectivity index is 2.71. The van der Waals surface area contributed by atoms with E-state index in [1.807, 2.05) is 0 Å². The predicted octanol–water partition coefficient (Wildman–Crippen LogP) is 1.60. The number of rotatable bonds is 6. The minimum atomic E-state index is -0.563. The molecule has 19 heavy (non-hydrogen) atoms. The summed E-state index contributed by atoms with van der Waals surface area (Å²) < 4.78 is 14.9. The Morgan fingerprint density at radius 3 is 2.53 bits per heavy atom. The van der Waals surface area contributed by atoms with Crippen LogP contribution in [0.1, 0.15) is 13.3 Å². The average Bonchev–Trinajstić information content (AvgIpc) is 2.39. The molecule has 0 heterocycles. The number of amides is 1. The van der Waals surface area contributed by atoms with Gasteiger partial charge >= 0.3 is 5.97 Å². The van der Waals surface area contributed by atoms with Crippen LogP contribution in [0.3, 0.4) is 0 Å². The predicted molar refractivity (Wildman–Crippen MR) is 69.4 cm³/mol. The number of carbonyl (C=O) groups excluding carboxylic acids is 2. The molecule has 0 spiro atoms. The van der Waals surface area contributed by atoms with Crippen LogP contribution < -0.4 is 14.8 Å². The van der Waals surface area contributed by atoms with Gasteiger partial charge in [-0.05, 0) is 19.1 Å². The van der Waals surface area contributed by atoms with Crippen molar-refractivity contribution in [2.75, 3.05) is 26.1 Å². The number of nitrogens with one attached hydrogen (secondary N) is 1. The summed E-state index contributed by atoms with van der Waals surface area (Å²) in [6.07, 6.45) is -0.330. The zero-order valence-corrected chi connectivity index (χ0v) is 11.2. The third kappa shape index (κ3) is 4.50. The molecule has 1 aromatic rings. The number of carbonyl (C=O) groups is 2. The first kappa shape index (κ1) is 14.8. The largest absolute Gasteiger partial charge is 0.497 e. The normalized spacial score (nSPS) is 9.63. The van der Waals surface area contributed by atoms with Gasteiger partial charge in [-0.25, -0.2) is 0 Å². The van der Waals surface area contributed by atoms with Crippen LogP contribution in [0.25, 0.3) is 0 Å². The van der Waals surface area contributed by atoms with Crippen LogP contribution in [0, 0.1) is 0 Å². The standard InChI is InChI=1S/C13H17NO5/c1-4-19-13(16)8-12(15)14-10-6-5-9(17-2)7-11(10)18-3/h5-7H,4,8H2,1-3H3,(H,14,15). The minimum absolute atomic E-state index is 0.248. The number of anilines is 1. The highest BCUT2D eigenvalue weighted by Crippen LogP contribution is 2.29. The van der Waals surface area contributed by atoms with Gasteiger partial charge in [0, 0.05) is 6.07 Å². The van der Waals surface area contributed by atoms with E-state index in [0.717, 1.165) is 0 Å². The van der Waals surface area contributed by atoms with E-state index in [2.05, 4.69) is 5.32 Å². The van der Waals surface area contributed by atoms with E-state index in [-0.39, 0.29) is 13.0 Å². The molecule has 1 amide bonds. The van der Waals surface area contributed by atoms with Gasteiger partial charge in [-0.15, -0.1) is 0 Å². The topological polar surface area (TPSA) is 73.9 Å². The fourth-order valence-corrected chi connectivity index (χ4v) is 1.44. The van der Waals surface area contributed by atoms with Gasteiger partial charge in [0.15, 0.2) is 0 Å². The van der Waals surface area contributed by atoms with Gasteiger partial charge in [-0.3, -0.25) is 9.59 Å². The molecular formula is C13H17NO5. The number of benzene rings is 1. The SMILES string of the molecule is CCOC(=O)CC(=O)Nc1ccc(OC)cc1OC. The Kier molecular flexibility index (Phi) is 5.66. The molecule has 0 radical (unpaired) electrons. The van der Waals surface area contributed by atoms with Crippen molar-refractivity contribution < 1.29 is 23.8 Å². The third-order valence-electron chi connectivity index (χ3n) is 2.29. The van der Waals surface area contributed by atoms with E-state index in [4.69, 9.17) is 14.2 Å². The van der Waals surface area contributed by atoms with Gasteiger partial charge in [-0.1, -0.05) is 0 Å². The van der Waals surface area contributed by atoms with E-state index in [0.29, 0.717) is 17.2 Å². The Bertz CT molecular complexity index is 458. The molecule has 0 fully saturated rings. The van der Waals surface area contributed by atoms with Crippen molar-refractivity contribution in [2.24, 2.45) is 0 Å². The molecule has 0 bridgehead atoms. The highest BCUT2D eigenvalue weighted by molar-refractivity contribution is 6.02. The van der Waals surface area contributed by atoms with Crippen molar-refractivity contribution in [3.8, 4) is 11.5 Å². The van der Waals surface area contributed by atoms with Crippen LogP contribution in [-0.4, -0.2) is 32.7 Å². The maximum atomic E-state index is 11.6. The molecule has 0 aliphatic heterocycles. The van der Waals surface area contributed by atoms with Crippen LogP contribution >= 0.6 is 0 Å². The highest BCUT2D eigenvalue weighted by atomic mass is 16.5. The third-order valence-corrected chi connectivity index (χ3v) is 2.29. The van der Waals surface area contributed by atoms with Gasteiger partial charge in [-0.2, -0.15) is 0 Å². The fraction of sp³-hybridized carbons (Fsp3) is 0.385. The lowest BCUT2D eigenvalue weighted by Gasteiger charge is -2.11. The molecule has 0 unspecified atom stereocenters. The summed E-state index contributed by atoms with van der Waals surface area (Å²) in [4.78, 5) is 22.8. The summed E-state index contributed by atoms with van der Waals surface area (Å²) in [5.41, 5.74) is 0.470. The molecule has 1 aromatic carbocycles. The second kappa shape index (κ2) is 7.25. The lowest BCUT2D eigenvalue weighted by atomic mass is 10.2. The summed E-state index contributed by atoms with van der Waals surface area (Å²) >= 11 is 0. The molecule has 104 valence electrons. The van der Waals surface area contributed by atoms with Crippen LogP contribution in [0.5, 0.6) is 11.5 Å². The summed E-state index contributed by atoms with van der Waals surface area (Å²) in [7, 11) is 3.02. The second-order valence-electron chi connectivity index (χ2n) is 3.60. The molecule has 0 aromatic heterocycles. The molecule has 6 heteroatoms. The van der Waals surface area contributed by atoms with E-state index in [1.54, 1.807) is 25.1 Å². The first-order chi connectivity index (χ1) is 9.10. The lowest BCUT2D eigenvalue weighted by Crippen LogP contribution is -2.18. The molecule has 0 aliphatic carbocycles. The quantitative estimate of drug-likeness (QED) is 0.626. The Hall–Kier alpha value is -2.24. The molecule has 0 aliphatic rings. The zero-order valence-electron chi connectivity index (χ0n) is 11.2. The first-order valence-electron chi connectivity index (χ1n) is 5.78. The molecular weight excluding hydrogens is 250 g/mol. The number of esters is 1. The molecule has 6 nitrogen and oxygen atoms in total. The maximum Gasteiger partial charge on any atom is 0.315 e. The Labute approximate surface area is 111 Å². The number of hydrogen-bond acceptors (Lipinski definition) is 5. The van der Waals surface area contributed by atoms with Gasteiger partial charge in [0.05, 0.1) is 26.5 Å². The summed E-state index contributed by atoms with van der Waals surface area (Å²) in [5, 5.41) is 2.58. The summed E-state index contributed by atoms with van der Waals surface area (Å²) in [5.74, 6) is 0.0474. The number of hydrogen-bond donors (Lipinski definition) is 1. The molecule has 1 N–H and O–H groups in total. The van der Waals surface area contributed by atoms with E-state index >= 15 is 0 Å². The second-order valence-corrected chi connectivity index (χ2v) is 3.60. The maximum absolute atomic E-state index is 11.6. The molecule has 1 rings (SSSR count).